The van der Waals surface area contributed by atoms with Crippen molar-refractivity contribution < 1.29 is 12.8 Å². The molecule has 168 valence electrons. The lowest BCUT2D eigenvalue weighted by Gasteiger charge is -2.06. The Morgan fingerprint density at radius 3 is 2.73 bits per heavy atom. The van der Waals surface area contributed by atoms with Gasteiger partial charge in [0.25, 0.3) is 15.6 Å². The number of nitrogens with zero attached hydrogens (tertiary/aromatic N) is 6. The van der Waals surface area contributed by atoms with Crippen LogP contribution < -0.4 is 10.3 Å². The van der Waals surface area contributed by atoms with Crippen molar-refractivity contribution in [3.63, 3.8) is 0 Å². The number of anilines is 1. The number of aryl methyl sites for hydroxylation is 1. The lowest BCUT2D eigenvalue weighted by molar-refractivity contribution is 0.609. The van der Waals surface area contributed by atoms with Crippen LogP contribution in [0.3, 0.4) is 0 Å². The van der Waals surface area contributed by atoms with Gasteiger partial charge in [0.15, 0.2) is 10.7 Å². The second-order valence-electron chi connectivity index (χ2n) is 6.44. The van der Waals surface area contributed by atoms with E-state index < -0.39 is 21.4 Å². The number of nitriles is 1. The predicted molar refractivity (Wildman–Crippen MR) is 122 cm³/mol. The summed E-state index contributed by atoms with van der Waals surface area (Å²) in [5.74, 6) is -0.760. The Labute approximate surface area is 199 Å². The molecule has 0 aliphatic rings. The Balaban J connectivity index is 1.72. The topological polar surface area (TPSA) is 135 Å². The molecule has 0 aliphatic carbocycles. The van der Waals surface area contributed by atoms with Crippen LogP contribution in [0.1, 0.15) is 10.6 Å². The number of sulfonamides is 1. The minimum absolute atomic E-state index is 0.0157. The zero-order chi connectivity index (χ0) is 23.9. The highest BCUT2D eigenvalue weighted by molar-refractivity contribution is 7.95. The lowest BCUT2D eigenvalue weighted by atomic mass is 10.2. The molecule has 33 heavy (non-hydrogen) atoms. The standard InChI is InChI=1S/C18H10Cl2FN7O3S2/c1-9-24-25-17(32-9)14-16-23-6-10(7-27(16)28(8-22)18(14)29)26-33(30,31)5-4-11-12(19)2-3-13(21)15(11)20/h2-7,26H,1H3. The predicted octanol–water partition coefficient (Wildman–Crippen LogP) is 3.51. The van der Waals surface area contributed by atoms with Gasteiger partial charge in [-0.15, -0.1) is 14.9 Å². The minimum atomic E-state index is -4.13. The van der Waals surface area contributed by atoms with E-state index in [9.17, 15) is 22.9 Å². The largest absolute Gasteiger partial charge is 0.293 e. The maximum Gasteiger partial charge on any atom is 0.293 e. The van der Waals surface area contributed by atoms with Gasteiger partial charge in [-0.1, -0.05) is 34.5 Å². The van der Waals surface area contributed by atoms with Crippen LogP contribution in [-0.2, 0) is 10.0 Å². The summed E-state index contributed by atoms with van der Waals surface area (Å²) in [6.07, 6.45) is 5.13. The number of benzene rings is 1. The lowest BCUT2D eigenvalue weighted by Crippen LogP contribution is -2.16. The van der Waals surface area contributed by atoms with Crippen molar-refractivity contribution in [1.82, 2.24) is 24.4 Å². The van der Waals surface area contributed by atoms with Crippen LogP contribution in [0.2, 0.25) is 10.0 Å². The smallest absolute Gasteiger partial charge is 0.277 e. The van der Waals surface area contributed by atoms with Gasteiger partial charge in [-0.25, -0.2) is 22.3 Å². The summed E-state index contributed by atoms with van der Waals surface area (Å²) in [4.78, 5) is 16.8. The van der Waals surface area contributed by atoms with Gasteiger partial charge in [0.1, 0.15) is 16.4 Å². The number of fused-ring (bicyclic) bond motifs is 1. The third kappa shape index (κ3) is 4.33. The quantitative estimate of drug-likeness (QED) is 0.393. The van der Waals surface area contributed by atoms with Gasteiger partial charge in [-0.3, -0.25) is 9.52 Å². The van der Waals surface area contributed by atoms with Gasteiger partial charge < -0.3 is 0 Å². The van der Waals surface area contributed by atoms with E-state index in [4.69, 9.17) is 23.2 Å². The molecule has 0 bridgehead atoms. The molecule has 0 spiro atoms. The SMILES string of the molecule is Cc1nnc(-c2c(=O)n(C#N)n3cc(NS(=O)(=O)C=Cc4c(Cl)ccc(F)c4Cl)cnc23)s1. The number of hydrogen-bond donors (Lipinski definition) is 1. The van der Waals surface area contributed by atoms with Gasteiger partial charge in [0.05, 0.1) is 28.5 Å². The molecule has 10 nitrogen and oxygen atoms in total. The molecule has 0 radical (unpaired) electrons. The number of nitrogens with one attached hydrogen (secondary N) is 1. The molecule has 15 heteroatoms. The first-order valence-corrected chi connectivity index (χ1v) is 11.9. The monoisotopic (exact) mass is 525 g/mol. The molecule has 4 aromatic rings. The van der Waals surface area contributed by atoms with E-state index in [-0.39, 0.29) is 37.5 Å². The maximum absolute atomic E-state index is 13.6. The fraction of sp³-hybridized carbons (Fsp3) is 0.0556. The third-order valence-electron chi connectivity index (χ3n) is 4.24. The fourth-order valence-corrected chi connectivity index (χ4v) is 4.87. The second kappa shape index (κ2) is 8.56. The fourth-order valence-electron chi connectivity index (χ4n) is 2.83. The zero-order valence-corrected chi connectivity index (χ0v) is 19.5. The van der Waals surface area contributed by atoms with Crippen molar-refractivity contribution in [2.75, 3.05) is 4.72 Å². The van der Waals surface area contributed by atoms with Crippen LogP contribution in [0.25, 0.3) is 22.3 Å². The van der Waals surface area contributed by atoms with E-state index >= 15 is 0 Å². The highest BCUT2D eigenvalue weighted by Crippen LogP contribution is 2.29. The normalized spacial score (nSPS) is 11.8. The van der Waals surface area contributed by atoms with Crippen molar-refractivity contribution in [2.24, 2.45) is 0 Å². The van der Waals surface area contributed by atoms with Gasteiger partial charge in [0.2, 0.25) is 6.19 Å². The van der Waals surface area contributed by atoms with Crippen LogP contribution in [0, 0.1) is 24.2 Å². The van der Waals surface area contributed by atoms with Crippen LogP contribution in [0.5, 0.6) is 0 Å². The molecule has 0 atom stereocenters. The molecule has 0 aliphatic heterocycles. The third-order valence-corrected chi connectivity index (χ3v) is 6.82. The van der Waals surface area contributed by atoms with Gasteiger partial charge >= 0.3 is 0 Å². The van der Waals surface area contributed by atoms with Crippen LogP contribution in [0.15, 0.2) is 34.7 Å². The first-order valence-electron chi connectivity index (χ1n) is 8.79. The first kappa shape index (κ1) is 22.9. The molecular formula is C18H10Cl2FN7O3S2. The number of aromatic nitrogens is 5. The van der Waals surface area contributed by atoms with E-state index in [1.165, 1.54) is 18.5 Å². The zero-order valence-electron chi connectivity index (χ0n) is 16.3. The molecule has 3 heterocycles. The van der Waals surface area contributed by atoms with Crippen molar-refractivity contribution in [3.05, 3.63) is 66.7 Å². The molecule has 0 saturated carbocycles. The van der Waals surface area contributed by atoms with E-state index in [1.54, 1.807) is 13.1 Å². The Bertz CT molecular complexity index is 1650. The van der Waals surface area contributed by atoms with E-state index in [1.807, 2.05) is 0 Å². The Morgan fingerprint density at radius 1 is 1.30 bits per heavy atom. The molecule has 0 saturated heterocycles. The van der Waals surface area contributed by atoms with Crippen LogP contribution in [-0.4, -0.2) is 32.8 Å². The minimum Gasteiger partial charge on any atom is -0.277 e. The summed E-state index contributed by atoms with van der Waals surface area (Å²) in [5.41, 5.74) is -0.599. The highest BCUT2D eigenvalue weighted by atomic mass is 35.5. The molecule has 1 aromatic carbocycles. The van der Waals surface area contributed by atoms with E-state index in [0.717, 1.165) is 33.4 Å². The van der Waals surface area contributed by atoms with E-state index in [0.29, 0.717) is 9.69 Å². The molecule has 3 aromatic heterocycles. The van der Waals surface area contributed by atoms with Crippen LogP contribution in [0.4, 0.5) is 10.1 Å². The Morgan fingerprint density at radius 2 is 2.06 bits per heavy atom. The second-order valence-corrected chi connectivity index (χ2v) is 9.97. The molecule has 4 rings (SSSR count). The van der Waals surface area contributed by atoms with Gasteiger partial charge in [-0.05, 0) is 25.1 Å². The van der Waals surface area contributed by atoms with Crippen molar-refractivity contribution in [2.45, 2.75) is 6.92 Å². The molecular weight excluding hydrogens is 516 g/mol. The number of halogens is 3. The van der Waals surface area contributed by atoms with Gasteiger partial charge in [-0.2, -0.15) is 5.26 Å². The van der Waals surface area contributed by atoms with Gasteiger partial charge in [0, 0.05) is 10.6 Å². The number of hydrogen-bond acceptors (Lipinski definition) is 8. The Hall–Kier alpha value is -3.31. The average molecular weight is 526 g/mol. The van der Waals surface area contributed by atoms with Crippen molar-refractivity contribution in [1.29, 1.82) is 5.26 Å². The molecule has 1 N–H and O–H groups in total. The summed E-state index contributed by atoms with van der Waals surface area (Å²) in [5, 5.41) is 18.6. The van der Waals surface area contributed by atoms with E-state index in [2.05, 4.69) is 19.9 Å². The molecule has 0 unspecified atom stereocenters. The highest BCUT2D eigenvalue weighted by Gasteiger charge is 2.21. The summed E-state index contributed by atoms with van der Waals surface area (Å²) in [6.45, 7) is 1.71. The molecule has 0 fully saturated rings. The summed E-state index contributed by atoms with van der Waals surface area (Å²) in [6, 6.07) is 2.30. The summed E-state index contributed by atoms with van der Waals surface area (Å²) >= 11 is 12.9. The first-order chi connectivity index (χ1) is 15.6. The van der Waals surface area contributed by atoms with Crippen molar-refractivity contribution in [3.8, 4) is 16.8 Å². The average Bonchev–Trinajstić information content (AvgIpc) is 3.29. The van der Waals surface area contributed by atoms with Crippen LogP contribution >= 0.6 is 34.5 Å². The van der Waals surface area contributed by atoms with Crippen molar-refractivity contribution >= 4 is 62.0 Å². The maximum atomic E-state index is 13.6. The molecule has 0 amide bonds. The Kier molecular flexibility index (Phi) is 5.93. The number of rotatable bonds is 5. The summed E-state index contributed by atoms with van der Waals surface area (Å²) in [7, 11) is -4.13. The summed E-state index contributed by atoms with van der Waals surface area (Å²) < 4.78 is 42.7.